The first kappa shape index (κ1) is 12.0. The molecule has 0 bridgehead atoms. The molecule has 1 atom stereocenters. The Hall–Kier alpha value is -1.42. The summed E-state index contributed by atoms with van der Waals surface area (Å²) in [5, 5.41) is 14.3. The maximum absolute atomic E-state index is 11.1. The third-order valence-corrected chi connectivity index (χ3v) is 3.32. The van der Waals surface area contributed by atoms with Gasteiger partial charge in [0.25, 0.3) is 6.17 Å². The minimum absolute atomic E-state index is 0.232. The van der Waals surface area contributed by atoms with Gasteiger partial charge in [0.05, 0.1) is 0 Å². The van der Waals surface area contributed by atoms with Crippen molar-refractivity contribution in [3.63, 3.8) is 0 Å². The van der Waals surface area contributed by atoms with Crippen LogP contribution in [0.1, 0.15) is 43.8 Å². The van der Waals surface area contributed by atoms with Crippen LogP contribution in [0.2, 0.25) is 0 Å². The molecule has 0 spiro atoms. The molecule has 0 heterocycles. The number of hydrogen-bond donors (Lipinski definition) is 1. The van der Waals surface area contributed by atoms with E-state index >= 15 is 0 Å². The lowest BCUT2D eigenvalue weighted by atomic mass is 9.95. The van der Waals surface area contributed by atoms with Gasteiger partial charge in [-0.25, -0.2) is 5.32 Å². The Morgan fingerprint density at radius 1 is 1.18 bits per heavy atom. The van der Waals surface area contributed by atoms with Gasteiger partial charge in [0.15, 0.2) is 0 Å². The van der Waals surface area contributed by atoms with Gasteiger partial charge >= 0.3 is 0 Å². The van der Waals surface area contributed by atoms with Crippen molar-refractivity contribution < 1.29 is 4.92 Å². The second-order valence-corrected chi connectivity index (χ2v) is 4.60. The Morgan fingerprint density at radius 3 is 2.41 bits per heavy atom. The van der Waals surface area contributed by atoms with Crippen molar-refractivity contribution >= 4 is 0 Å². The van der Waals surface area contributed by atoms with Crippen molar-refractivity contribution in [1.29, 1.82) is 0 Å². The number of nitrogens with one attached hydrogen (secondary N) is 1. The van der Waals surface area contributed by atoms with E-state index in [-0.39, 0.29) is 4.92 Å². The van der Waals surface area contributed by atoms with Gasteiger partial charge in [-0.1, -0.05) is 49.6 Å². The fraction of sp³-hybridized carbons (Fsp3) is 0.538. The van der Waals surface area contributed by atoms with Crippen molar-refractivity contribution in [1.82, 2.24) is 5.32 Å². The molecule has 92 valence electrons. The third kappa shape index (κ3) is 3.27. The second-order valence-electron chi connectivity index (χ2n) is 4.60. The summed E-state index contributed by atoms with van der Waals surface area (Å²) in [7, 11) is 0. The Bertz CT molecular complexity index is 361. The number of hydrogen-bond acceptors (Lipinski definition) is 3. The summed E-state index contributed by atoms with van der Waals surface area (Å²) in [6.45, 7) is 0. The molecule has 1 unspecified atom stereocenters. The third-order valence-electron chi connectivity index (χ3n) is 3.32. The molecule has 4 heteroatoms. The maximum atomic E-state index is 11.1. The fourth-order valence-electron chi connectivity index (χ4n) is 2.41. The minimum Gasteiger partial charge on any atom is -0.262 e. The lowest BCUT2D eigenvalue weighted by Gasteiger charge is -2.24. The molecule has 0 saturated heterocycles. The molecule has 0 amide bonds. The highest BCUT2D eigenvalue weighted by atomic mass is 16.6. The Morgan fingerprint density at radius 2 is 1.82 bits per heavy atom. The zero-order valence-electron chi connectivity index (χ0n) is 9.84. The Balaban J connectivity index is 2.05. The monoisotopic (exact) mass is 234 g/mol. The summed E-state index contributed by atoms with van der Waals surface area (Å²) in [6.07, 6.45) is 4.95. The highest BCUT2D eigenvalue weighted by Crippen LogP contribution is 2.21. The van der Waals surface area contributed by atoms with E-state index in [1.54, 1.807) is 0 Å². The van der Waals surface area contributed by atoms with Crippen LogP contribution < -0.4 is 5.32 Å². The molecule has 1 aromatic rings. The lowest BCUT2D eigenvalue weighted by molar-refractivity contribution is -0.537. The van der Waals surface area contributed by atoms with Crippen molar-refractivity contribution in [3.8, 4) is 0 Å². The van der Waals surface area contributed by atoms with Crippen LogP contribution >= 0.6 is 0 Å². The molecule has 1 aliphatic carbocycles. The van der Waals surface area contributed by atoms with Crippen LogP contribution in [0.15, 0.2) is 30.3 Å². The molecule has 2 rings (SSSR count). The largest absolute Gasteiger partial charge is 0.291 e. The number of nitrogens with zero attached hydrogens (tertiary/aromatic N) is 1. The molecular formula is C13H18N2O2. The molecule has 0 aliphatic heterocycles. The predicted molar refractivity (Wildman–Crippen MR) is 66.2 cm³/mol. The van der Waals surface area contributed by atoms with Crippen LogP contribution in [0.4, 0.5) is 0 Å². The Labute approximate surface area is 101 Å². The summed E-state index contributed by atoms with van der Waals surface area (Å²) < 4.78 is 0. The average molecular weight is 234 g/mol. The molecule has 0 aromatic heterocycles. The normalized spacial score (nSPS) is 18.8. The van der Waals surface area contributed by atoms with E-state index in [9.17, 15) is 10.1 Å². The summed E-state index contributed by atoms with van der Waals surface area (Å²) in [5.41, 5.74) is 0.739. The molecule has 0 radical (unpaired) electrons. The van der Waals surface area contributed by atoms with Crippen molar-refractivity contribution in [3.05, 3.63) is 46.0 Å². The first-order chi connectivity index (χ1) is 8.27. The average Bonchev–Trinajstić information content (AvgIpc) is 2.38. The van der Waals surface area contributed by atoms with Crippen LogP contribution in [0.25, 0.3) is 0 Å². The topological polar surface area (TPSA) is 55.2 Å². The van der Waals surface area contributed by atoms with Gasteiger partial charge in [-0.3, -0.25) is 10.1 Å². The quantitative estimate of drug-likeness (QED) is 0.495. The number of benzene rings is 1. The van der Waals surface area contributed by atoms with Crippen molar-refractivity contribution in [2.24, 2.45) is 0 Å². The van der Waals surface area contributed by atoms with E-state index in [0.29, 0.717) is 6.04 Å². The van der Waals surface area contributed by atoms with Gasteiger partial charge in [0, 0.05) is 16.5 Å². The SMILES string of the molecule is O=[N+]([O-])C(NC1CCCCC1)c1ccccc1. The summed E-state index contributed by atoms with van der Waals surface area (Å²) in [4.78, 5) is 10.9. The van der Waals surface area contributed by atoms with E-state index in [1.807, 2.05) is 30.3 Å². The van der Waals surface area contributed by atoms with E-state index in [1.165, 1.54) is 19.3 Å². The summed E-state index contributed by atoms with van der Waals surface area (Å²) in [6, 6.07) is 9.47. The second kappa shape index (κ2) is 5.77. The smallest absolute Gasteiger partial charge is 0.262 e. The van der Waals surface area contributed by atoms with Crippen LogP contribution in [-0.4, -0.2) is 11.0 Å². The van der Waals surface area contributed by atoms with Crippen LogP contribution in [-0.2, 0) is 0 Å². The van der Waals surface area contributed by atoms with Gasteiger partial charge < -0.3 is 0 Å². The van der Waals surface area contributed by atoms with E-state index in [0.717, 1.165) is 18.4 Å². The summed E-state index contributed by atoms with van der Waals surface area (Å²) >= 11 is 0. The molecule has 1 aromatic carbocycles. The highest BCUT2D eigenvalue weighted by molar-refractivity contribution is 5.16. The summed E-state index contributed by atoms with van der Waals surface area (Å²) in [5.74, 6) is 0. The molecular weight excluding hydrogens is 216 g/mol. The maximum Gasteiger partial charge on any atom is 0.291 e. The van der Waals surface area contributed by atoms with Crippen LogP contribution in [0.5, 0.6) is 0 Å². The first-order valence-corrected chi connectivity index (χ1v) is 6.22. The van der Waals surface area contributed by atoms with Gasteiger partial charge in [0.2, 0.25) is 0 Å². The molecule has 1 fully saturated rings. The fourth-order valence-corrected chi connectivity index (χ4v) is 2.41. The molecule has 1 N–H and O–H groups in total. The number of rotatable bonds is 4. The van der Waals surface area contributed by atoms with Crippen molar-refractivity contribution in [2.45, 2.75) is 44.3 Å². The molecule has 4 nitrogen and oxygen atoms in total. The van der Waals surface area contributed by atoms with E-state index in [4.69, 9.17) is 0 Å². The standard InChI is InChI=1S/C13H18N2O2/c16-15(17)13(11-7-3-1-4-8-11)14-12-9-5-2-6-10-12/h1,3-4,7-8,12-14H,2,5-6,9-10H2. The van der Waals surface area contributed by atoms with E-state index in [2.05, 4.69) is 5.32 Å². The predicted octanol–water partition coefficient (Wildman–Crippen LogP) is 2.88. The number of nitro groups is 1. The van der Waals surface area contributed by atoms with Crippen molar-refractivity contribution in [2.75, 3.05) is 0 Å². The minimum atomic E-state index is -0.765. The van der Waals surface area contributed by atoms with E-state index < -0.39 is 6.17 Å². The first-order valence-electron chi connectivity index (χ1n) is 6.22. The van der Waals surface area contributed by atoms with Gasteiger partial charge in [-0.05, 0) is 12.8 Å². The zero-order valence-corrected chi connectivity index (χ0v) is 9.84. The van der Waals surface area contributed by atoms with Gasteiger partial charge in [-0.2, -0.15) is 0 Å². The molecule has 1 saturated carbocycles. The van der Waals surface area contributed by atoms with Crippen LogP contribution in [0, 0.1) is 10.1 Å². The van der Waals surface area contributed by atoms with Crippen LogP contribution in [0.3, 0.4) is 0 Å². The molecule has 17 heavy (non-hydrogen) atoms. The highest BCUT2D eigenvalue weighted by Gasteiger charge is 2.26. The lowest BCUT2D eigenvalue weighted by Crippen LogP contribution is -2.38. The Kier molecular flexibility index (Phi) is 4.09. The van der Waals surface area contributed by atoms with Gasteiger partial charge in [0.1, 0.15) is 0 Å². The van der Waals surface area contributed by atoms with Gasteiger partial charge in [-0.15, -0.1) is 0 Å². The zero-order chi connectivity index (χ0) is 12.1. The molecule has 1 aliphatic rings.